The smallest absolute Gasteiger partial charge is 0.350 e. The van der Waals surface area contributed by atoms with Crippen molar-refractivity contribution in [2.75, 3.05) is 10.6 Å². The fraction of sp³-hybridized carbons (Fsp3) is 0.200. The monoisotopic (exact) mass is 1020 g/mol. The Hall–Kier alpha value is -5.27. The molecule has 4 aromatic carbocycles. The summed E-state index contributed by atoms with van der Waals surface area (Å²) in [6.07, 6.45) is -14.3. The molecule has 63 heavy (non-hydrogen) atoms. The number of nitrogens with zero attached hydrogens (tertiary/aromatic N) is 2. The lowest BCUT2D eigenvalue weighted by molar-refractivity contribution is -0.384. The van der Waals surface area contributed by atoms with Gasteiger partial charge in [0.15, 0.2) is 0 Å². The predicted octanol–water partition coefficient (Wildman–Crippen LogP) is 10.2. The summed E-state index contributed by atoms with van der Waals surface area (Å²) < 4.78 is 265. The van der Waals surface area contributed by atoms with Gasteiger partial charge in [-0.05, 0) is 36.4 Å². The Bertz CT molecular complexity index is 2800. The van der Waals surface area contributed by atoms with Crippen LogP contribution in [0.2, 0.25) is 10.0 Å². The van der Waals surface area contributed by atoms with Crippen molar-refractivity contribution in [1.82, 2.24) is 0 Å². The number of nitro groups is 2. The number of anilines is 4. The molecule has 0 radical (unpaired) electrons. The average Bonchev–Trinajstić information content (AvgIpc) is 3.34. The molecule has 0 unspecified atom stereocenters. The molecule has 342 valence electrons. The minimum absolute atomic E-state index is 0.149. The molecular formula is C30H12Cl2F14N4O10S3. The number of rotatable bonds is 12. The minimum Gasteiger partial charge on any atom is -0.350 e. The number of nitrogens with one attached hydrogen (secondary N) is 2. The summed E-state index contributed by atoms with van der Waals surface area (Å²) in [6, 6.07) is 5.10. The first-order chi connectivity index (χ1) is 28.3. The number of halogens is 16. The van der Waals surface area contributed by atoms with Crippen molar-refractivity contribution in [3.05, 3.63) is 90.9 Å². The number of sulfone groups is 3. The zero-order chi connectivity index (χ0) is 48.2. The fourth-order valence-corrected chi connectivity index (χ4v) is 10.8. The van der Waals surface area contributed by atoms with Crippen LogP contribution in [0.15, 0.2) is 80.2 Å². The van der Waals surface area contributed by atoms with Crippen LogP contribution in [-0.2, 0) is 29.5 Å². The minimum atomic E-state index is -7.24. The van der Waals surface area contributed by atoms with Crippen LogP contribution >= 0.6 is 23.2 Å². The van der Waals surface area contributed by atoms with Crippen LogP contribution in [0, 0.1) is 20.2 Å². The molecule has 2 N–H and O–H groups in total. The summed E-state index contributed by atoms with van der Waals surface area (Å²) >= 11 is 11.3. The van der Waals surface area contributed by atoms with Gasteiger partial charge in [0.1, 0.15) is 11.4 Å². The molecule has 0 saturated heterocycles. The van der Waals surface area contributed by atoms with E-state index >= 15 is 0 Å². The molecule has 1 aliphatic rings. The Morgan fingerprint density at radius 3 is 1.10 bits per heavy atom. The highest BCUT2D eigenvalue weighted by molar-refractivity contribution is 7.93. The number of hydrogen-bond donors (Lipinski definition) is 2. The zero-order valence-corrected chi connectivity index (χ0v) is 33.0. The van der Waals surface area contributed by atoms with Gasteiger partial charge >= 0.3 is 34.7 Å². The van der Waals surface area contributed by atoms with E-state index in [4.69, 9.17) is 23.2 Å². The van der Waals surface area contributed by atoms with Crippen LogP contribution in [0.25, 0.3) is 11.1 Å². The van der Waals surface area contributed by atoms with E-state index < -0.39 is 138 Å². The first-order valence-electron chi connectivity index (χ1n) is 15.5. The standard InChI is InChI=1S/C30H12Cl2F14N4O10S3/c31-15-7-17(19(49(51)52)9-23(15)62(57,58)29(43,44)25(33,34)27(37,38)39)47-11-1-3-13-14-4-2-12(6-22(14)61(55,56)21(13)5-11)48-18-8-16(32)24(10-20(18)50(53)54)63(59,60)30(45,46)26(35,36)28(40,41)42/h1-10,47-48H. The Morgan fingerprint density at radius 1 is 0.524 bits per heavy atom. The van der Waals surface area contributed by atoms with Crippen molar-refractivity contribution in [3.8, 4) is 11.1 Å². The summed E-state index contributed by atoms with van der Waals surface area (Å²) in [5.41, 5.74) is -6.33. The molecule has 0 bridgehead atoms. The lowest BCUT2D eigenvalue weighted by Gasteiger charge is -2.28. The molecule has 0 spiro atoms. The van der Waals surface area contributed by atoms with Gasteiger partial charge in [-0.3, -0.25) is 20.2 Å². The number of hydrogen-bond acceptors (Lipinski definition) is 12. The quantitative estimate of drug-likeness (QED) is 0.0679. The first-order valence-corrected chi connectivity index (χ1v) is 20.7. The van der Waals surface area contributed by atoms with E-state index in [0.717, 1.165) is 36.4 Å². The third-order valence-corrected chi connectivity index (χ3v) is 15.0. The van der Waals surface area contributed by atoms with E-state index in [-0.39, 0.29) is 35.4 Å². The van der Waals surface area contributed by atoms with Crippen molar-refractivity contribution in [2.24, 2.45) is 0 Å². The Morgan fingerprint density at radius 2 is 0.825 bits per heavy atom. The molecule has 0 saturated carbocycles. The molecule has 0 aromatic heterocycles. The molecular weight excluding hydrogens is 1010 g/mol. The van der Waals surface area contributed by atoms with Crippen LogP contribution in [-0.4, -0.2) is 69.8 Å². The lowest BCUT2D eigenvalue weighted by atomic mass is 10.0. The summed E-state index contributed by atoms with van der Waals surface area (Å²) in [4.78, 5) is 14.8. The third-order valence-electron chi connectivity index (χ3n) is 8.58. The van der Waals surface area contributed by atoms with Crippen molar-refractivity contribution >= 4 is 86.8 Å². The second-order valence-corrected chi connectivity index (χ2v) is 19.1. The van der Waals surface area contributed by atoms with Crippen LogP contribution in [0.4, 0.5) is 95.6 Å². The molecule has 5 rings (SSSR count). The molecule has 33 heteroatoms. The topological polar surface area (TPSA) is 213 Å². The van der Waals surface area contributed by atoms with Crippen LogP contribution in [0.3, 0.4) is 0 Å². The number of benzene rings is 4. The SMILES string of the molecule is O=[N+]([O-])c1cc(S(=O)(=O)C(F)(F)C(F)(F)C(F)(F)F)c(Cl)cc1Nc1ccc2c(c1)S(=O)(=O)c1cc(Nc3cc(Cl)c(S(=O)(=O)C(F)(F)C(F)(F)C(F)(F)F)cc3[N+](=O)[O-])ccc1-2. The summed E-state index contributed by atoms with van der Waals surface area (Å²) in [5.74, 6) is -14.5. The molecule has 14 nitrogen and oxygen atoms in total. The average molecular weight is 1020 g/mol. The van der Waals surface area contributed by atoms with E-state index in [1.54, 1.807) is 0 Å². The molecule has 1 heterocycles. The van der Waals surface area contributed by atoms with Crippen molar-refractivity contribution in [2.45, 2.75) is 54.3 Å². The first kappa shape index (κ1) is 48.8. The number of nitro benzene ring substituents is 2. The Labute approximate surface area is 349 Å². The maximum Gasteiger partial charge on any atom is 0.461 e. The second kappa shape index (κ2) is 14.9. The van der Waals surface area contributed by atoms with E-state index in [9.17, 15) is 107 Å². The number of fused-ring (bicyclic) bond motifs is 3. The van der Waals surface area contributed by atoms with Gasteiger partial charge in [-0.2, -0.15) is 61.5 Å². The third kappa shape index (κ3) is 7.48. The van der Waals surface area contributed by atoms with Crippen LogP contribution in [0.5, 0.6) is 0 Å². The molecule has 0 amide bonds. The van der Waals surface area contributed by atoms with Gasteiger partial charge in [0.05, 0.1) is 39.5 Å². The fourth-order valence-electron chi connectivity index (χ4n) is 5.46. The van der Waals surface area contributed by atoms with Gasteiger partial charge in [0.25, 0.3) is 31.0 Å². The summed E-state index contributed by atoms with van der Waals surface area (Å²) in [6.45, 7) is 0. The lowest BCUT2D eigenvalue weighted by Crippen LogP contribution is -2.55. The van der Waals surface area contributed by atoms with E-state index in [1.165, 1.54) is 0 Å². The molecule has 0 aliphatic carbocycles. The van der Waals surface area contributed by atoms with E-state index in [0.29, 0.717) is 0 Å². The normalized spacial score (nSPS) is 14.8. The maximum absolute atomic E-state index is 14.3. The van der Waals surface area contributed by atoms with Gasteiger partial charge in [-0.1, -0.05) is 35.3 Å². The molecule has 0 atom stereocenters. The van der Waals surface area contributed by atoms with Crippen molar-refractivity contribution in [3.63, 3.8) is 0 Å². The van der Waals surface area contributed by atoms with E-state index in [2.05, 4.69) is 10.6 Å². The molecule has 1 aliphatic heterocycles. The number of alkyl halides is 14. The summed E-state index contributed by atoms with van der Waals surface area (Å²) in [7, 11) is -19.1. The van der Waals surface area contributed by atoms with Crippen molar-refractivity contribution < 1.29 is 96.6 Å². The van der Waals surface area contributed by atoms with Crippen molar-refractivity contribution in [1.29, 1.82) is 0 Å². The molecule has 0 fully saturated rings. The zero-order valence-electron chi connectivity index (χ0n) is 29.0. The van der Waals surface area contributed by atoms with Gasteiger partial charge in [0, 0.05) is 34.6 Å². The maximum atomic E-state index is 14.3. The highest BCUT2D eigenvalue weighted by Crippen LogP contribution is 2.54. The highest BCUT2D eigenvalue weighted by Gasteiger charge is 2.80. The van der Waals surface area contributed by atoms with E-state index in [1.807, 2.05) is 0 Å². The predicted molar refractivity (Wildman–Crippen MR) is 186 cm³/mol. The van der Waals surface area contributed by atoms with Gasteiger partial charge in [0.2, 0.25) is 9.84 Å². The van der Waals surface area contributed by atoms with Gasteiger partial charge in [-0.15, -0.1) is 0 Å². The second-order valence-electron chi connectivity index (χ2n) is 12.5. The Balaban J connectivity index is 1.51. The highest BCUT2D eigenvalue weighted by atomic mass is 35.5. The Kier molecular flexibility index (Phi) is 11.5. The molecule has 4 aromatic rings. The van der Waals surface area contributed by atoms with Crippen LogP contribution in [0.1, 0.15) is 0 Å². The van der Waals surface area contributed by atoms with Gasteiger partial charge < -0.3 is 10.6 Å². The largest absolute Gasteiger partial charge is 0.461 e. The van der Waals surface area contributed by atoms with Crippen LogP contribution < -0.4 is 10.6 Å². The van der Waals surface area contributed by atoms with Gasteiger partial charge in [-0.25, -0.2) is 25.3 Å². The summed E-state index contributed by atoms with van der Waals surface area (Å²) in [5, 5.41) is 10.9.